The number of nitrogens with zero attached hydrogens (tertiary/aromatic N) is 1. The van der Waals surface area contributed by atoms with Gasteiger partial charge in [0.05, 0.1) is 63.6 Å². The van der Waals surface area contributed by atoms with E-state index in [9.17, 15) is 65.8 Å². The summed E-state index contributed by atoms with van der Waals surface area (Å²) in [6.45, 7) is 10.2. The molecule has 100 heavy (non-hydrogen) atoms. The van der Waals surface area contributed by atoms with Gasteiger partial charge in [0.2, 0.25) is 5.79 Å². The fourth-order valence-electron chi connectivity index (χ4n) is 14.7. The number of allylic oxidation sites excluding steroid dienone is 6. The number of piperidine rings is 1. The fourth-order valence-corrected chi connectivity index (χ4v) is 14.7. The maximum absolute atomic E-state index is 15.8. The van der Waals surface area contributed by atoms with Crippen molar-refractivity contribution in [3.63, 3.8) is 0 Å². The van der Waals surface area contributed by atoms with Crippen LogP contribution >= 0.6 is 0 Å². The first-order chi connectivity index (χ1) is 47.5. The highest BCUT2D eigenvalue weighted by atomic mass is 16.8. The van der Waals surface area contributed by atoms with E-state index in [1.165, 1.54) is 14.2 Å². The molecule has 0 aromatic carbocycles. The van der Waals surface area contributed by atoms with Crippen LogP contribution in [-0.4, -0.2) is 292 Å². The SMILES string of the molecule is CO[C@H]1C[C@@H]2CC[C@@H](C)[C@@](O[C@@H]3O[C@H](CO[C@@H]4O[C@@H](CO[C@@H]5O[C@H](CO)[C@@H](O)[C@H](O)[C@H]5O)[C@@H](O)[C@H]4O)[C@@H](O)[C@H](O)[C@H]3O)(O2)C(=O)C(=O)N2CCCC[C@H]2C(=O)OC([C@H](C)C[C@@H]2CC[C@@H](OCCO)[C@H](OC)C2)CC(=O)[C@H](C)/C=C(\C)[C@@H](O)C[C@@H](OC)C(=O)[C@H](C)C[C@H](C)/C=C/C=C/C=C/1C. The molecule has 0 radical (unpaired) electrons. The molecule has 0 spiro atoms. The van der Waals surface area contributed by atoms with Crippen LogP contribution in [0.1, 0.15) is 132 Å². The number of rotatable bonds is 18. The molecule has 7 aliphatic rings. The summed E-state index contributed by atoms with van der Waals surface area (Å²) in [5.41, 5.74) is 1.15. The Morgan fingerprint density at radius 2 is 1.25 bits per heavy atom. The second-order valence-corrected chi connectivity index (χ2v) is 28.5. The molecule has 6 aliphatic heterocycles. The molecule has 5 saturated heterocycles. The van der Waals surface area contributed by atoms with Crippen LogP contribution in [0.15, 0.2) is 47.6 Å². The molecule has 0 aromatic rings. The van der Waals surface area contributed by atoms with Crippen molar-refractivity contribution in [2.75, 3.05) is 60.9 Å². The van der Waals surface area contributed by atoms with Crippen LogP contribution < -0.4 is 0 Å². The van der Waals surface area contributed by atoms with Gasteiger partial charge in [-0.15, -0.1) is 0 Å². The van der Waals surface area contributed by atoms with E-state index >= 15 is 14.4 Å². The largest absolute Gasteiger partial charge is 0.460 e. The van der Waals surface area contributed by atoms with Gasteiger partial charge in [-0.25, -0.2) is 4.79 Å². The third-order valence-corrected chi connectivity index (χ3v) is 21.1. The lowest BCUT2D eigenvalue weighted by Crippen LogP contribution is -2.66. The van der Waals surface area contributed by atoms with Gasteiger partial charge in [-0.05, 0) is 107 Å². The number of carbonyl (C=O) groups is 5. The molecule has 1 saturated carbocycles. The van der Waals surface area contributed by atoms with Gasteiger partial charge in [0, 0.05) is 64.9 Å². The molecular weight excluding hydrogens is 1310 g/mol. The predicted molar refractivity (Wildman–Crippen MR) is 352 cm³/mol. The molecule has 11 N–H and O–H groups in total. The van der Waals surface area contributed by atoms with Crippen LogP contribution in [0.2, 0.25) is 0 Å². The topological polar surface area (TPSA) is 422 Å². The Balaban J connectivity index is 1.20. The Hall–Kier alpha value is -3.97. The molecule has 29 nitrogen and oxygen atoms in total. The molecule has 1 unspecified atom stereocenters. The predicted octanol–water partition coefficient (Wildman–Crippen LogP) is 0.699. The van der Waals surface area contributed by atoms with Crippen molar-refractivity contribution >= 4 is 29.2 Å². The Morgan fingerprint density at radius 1 is 0.630 bits per heavy atom. The second-order valence-electron chi connectivity index (χ2n) is 28.5. The zero-order valence-electron chi connectivity index (χ0n) is 59.4. The van der Waals surface area contributed by atoms with Gasteiger partial charge in [0.25, 0.3) is 11.7 Å². The smallest absolute Gasteiger partial charge is 0.329 e. The molecule has 0 aromatic heterocycles. The van der Waals surface area contributed by atoms with Crippen molar-refractivity contribution in [2.24, 2.45) is 35.5 Å². The van der Waals surface area contributed by atoms with Gasteiger partial charge >= 0.3 is 5.97 Å². The maximum atomic E-state index is 15.8. The Bertz CT molecular complexity index is 2750. The van der Waals surface area contributed by atoms with Gasteiger partial charge in [0.15, 0.2) is 24.7 Å². The minimum atomic E-state index is -2.67. The first-order valence-corrected chi connectivity index (χ1v) is 35.4. The van der Waals surface area contributed by atoms with Crippen molar-refractivity contribution in [1.29, 1.82) is 0 Å². The molecule has 1 aliphatic carbocycles. The Kier molecular flexibility index (Phi) is 32.4. The standard InChI is InChI=1S/C71H113NO28/c1-36-16-12-11-13-17-37(2)49(89-8)30-44-21-19-42(7)71(99-44,100-70-64(85)61(82)58(79)54(98-70)34-93-68-62(83)59(80)55(97-68)35-94-69-63(84)60(81)57(78)53(33-74)96-69)65(86)66(87)72-23-15-14-18-45(72)67(88)95-50(40(5)28-43-20-22-48(92-25-24-73)51(29-43)90-9)31-46(75)38(3)27-39(4)47(76)32-52(91-10)56(77)41(6)26-36/h11-13,16-17,27,36,38,40-45,47-55,57-64,68-70,73-74,76,78-85H,14-15,18-26,28-35H2,1-10H3/b13-11+,16-12+,37-17+,39-27+/t36-,38-,40-,41-,42-,43+,44+,45+,47+,48-,49+,50?,51-,52-,53-,54-,55+,57-,58-,59-,60+,61+,62-,63-,64-,68-,69-,70+,71+/m1/s1. The second kappa shape index (κ2) is 38.9. The quantitative estimate of drug-likeness (QED) is 0.0511. The number of hydrogen-bond donors (Lipinski definition) is 11. The van der Waals surface area contributed by atoms with Crippen LogP contribution in [0, 0.1) is 35.5 Å². The van der Waals surface area contributed by atoms with Gasteiger partial charge in [-0.2, -0.15) is 0 Å². The van der Waals surface area contributed by atoms with Crippen molar-refractivity contribution in [1.82, 2.24) is 4.90 Å². The van der Waals surface area contributed by atoms with Crippen molar-refractivity contribution in [3.8, 4) is 0 Å². The van der Waals surface area contributed by atoms with E-state index in [1.54, 1.807) is 40.0 Å². The molecule has 29 heteroatoms. The summed E-state index contributed by atoms with van der Waals surface area (Å²) in [5.74, 6) is -9.43. The van der Waals surface area contributed by atoms with E-state index in [2.05, 4.69) is 0 Å². The first kappa shape index (κ1) is 83.3. The first-order valence-electron chi connectivity index (χ1n) is 35.4. The molecule has 7 rings (SSSR count). The summed E-state index contributed by atoms with van der Waals surface area (Å²) in [6.07, 6.45) is -15.4. The number of ketones is 3. The summed E-state index contributed by atoms with van der Waals surface area (Å²) in [5, 5.41) is 118. The summed E-state index contributed by atoms with van der Waals surface area (Å²) < 4.78 is 71.8. The van der Waals surface area contributed by atoms with Crippen molar-refractivity contribution in [2.45, 2.75) is 273 Å². The molecule has 6 heterocycles. The van der Waals surface area contributed by atoms with Gasteiger partial charge in [-0.1, -0.05) is 71.1 Å². The van der Waals surface area contributed by atoms with Crippen LogP contribution in [0.25, 0.3) is 0 Å². The van der Waals surface area contributed by atoms with E-state index in [-0.39, 0.29) is 93.9 Å². The van der Waals surface area contributed by atoms with Crippen LogP contribution in [0.5, 0.6) is 0 Å². The molecule has 29 atom stereocenters. The molecule has 2 bridgehead atoms. The maximum Gasteiger partial charge on any atom is 0.329 e. The number of cyclic esters (lactones) is 1. The lowest BCUT2D eigenvalue weighted by Gasteiger charge is -2.49. The highest BCUT2D eigenvalue weighted by Gasteiger charge is 2.59. The van der Waals surface area contributed by atoms with Gasteiger partial charge < -0.3 is 118 Å². The zero-order valence-corrected chi connectivity index (χ0v) is 59.4. The monoisotopic (exact) mass is 1430 g/mol. The zero-order chi connectivity index (χ0) is 73.4. The van der Waals surface area contributed by atoms with E-state index in [0.717, 1.165) is 10.5 Å². The van der Waals surface area contributed by atoms with E-state index in [1.807, 2.05) is 52.0 Å². The summed E-state index contributed by atoms with van der Waals surface area (Å²) in [6, 6.07) is -1.38. The molecule has 1 amide bonds. The van der Waals surface area contributed by atoms with E-state index in [0.29, 0.717) is 50.5 Å². The average Bonchev–Trinajstić information content (AvgIpc) is 0.865. The number of Topliss-reactive ketones (excluding diaryl/α,β-unsaturated/α-hetero) is 3. The lowest BCUT2D eigenvalue weighted by molar-refractivity contribution is -0.383. The number of aliphatic hydroxyl groups is 11. The summed E-state index contributed by atoms with van der Waals surface area (Å²) >= 11 is 0. The van der Waals surface area contributed by atoms with Crippen molar-refractivity contribution < 1.29 is 137 Å². The summed E-state index contributed by atoms with van der Waals surface area (Å²) in [7, 11) is 4.49. The number of aliphatic hydroxyl groups excluding tert-OH is 11. The van der Waals surface area contributed by atoms with Crippen LogP contribution in [0.3, 0.4) is 0 Å². The fraction of sp³-hybridized carbons (Fsp3) is 0.817. The van der Waals surface area contributed by atoms with Crippen LogP contribution in [0.4, 0.5) is 0 Å². The average molecular weight is 1430 g/mol. The number of hydrogen-bond acceptors (Lipinski definition) is 28. The minimum absolute atomic E-state index is 0.0213. The van der Waals surface area contributed by atoms with Gasteiger partial charge in [-0.3, -0.25) is 19.2 Å². The number of carbonyl (C=O) groups excluding carboxylic acids is 5. The highest BCUT2D eigenvalue weighted by Crippen LogP contribution is 2.43. The summed E-state index contributed by atoms with van der Waals surface area (Å²) in [4.78, 5) is 76.0. The molecular formula is C71H113NO28. The third-order valence-electron chi connectivity index (χ3n) is 21.1. The Labute approximate surface area is 585 Å². The lowest BCUT2D eigenvalue weighted by atomic mass is 9.78. The van der Waals surface area contributed by atoms with E-state index in [4.69, 9.17) is 56.8 Å². The number of methoxy groups -OCH3 is 3. The number of amides is 1. The van der Waals surface area contributed by atoms with Crippen LogP contribution in [-0.2, 0) is 80.8 Å². The number of ether oxygens (including phenoxy) is 12. The third kappa shape index (κ3) is 21.0. The Morgan fingerprint density at radius 3 is 1.89 bits per heavy atom. The van der Waals surface area contributed by atoms with E-state index < -0.39 is 190 Å². The normalized spacial score (nSPS) is 43.7. The highest BCUT2D eigenvalue weighted by molar-refractivity contribution is 6.39. The number of fused-ring (bicyclic) bond motifs is 3. The van der Waals surface area contributed by atoms with Gasteiger partial charge in [0.1, 0.15) is 91.2 Å². The molecule has 6 fully saturated rings. The number of esters is 1. The minimum Gasteiger partial charge on any atom is -0.460 e. The molecule has 570 valence electrons. The van der Waals surface area contributed by atoms with Crippen molar-refractivity contribution in [3.05, 3.63) is 47.6 Å².